The van der Waals surface area contributed by atoms with Crippen molar-refractivity contribution in [3.05, 3.63) is 100 Å². The first-order valence-electron chi connectivity index (χ1n) is 12.6. The summed E-state index contributed by atoms with van der Waals surface area (Å²) in [5, 5.41) is 3.87. The number of amides is 2. The Morgan fingerprint density at radius 3 is 2.13 bits per heavy atom. The number of anilines is 1. The van der Waals surface area contributed by atoms with E-state index < -0.39 is 28.5 Å². The molecule has 3 aromatic rings. The molecule has 10 heteroatoms. The van der Waals surface area contributed by atoms with Gasteiger partial charge in [0, 0.05) is 29.1 Å². The maximum absolute atomic E-state index is 14.0. The predicted molar refractivity (Wildman–Crippen MR) is 157 cm³/mol. The first kappa shape index (κ1) is 30.5. The highest BCUT2D eigenvalue weighted by atomic mass is 35.5. The van der Waals surface area contributed by atoms with Crippen molar-refractivity contribution in [1.82, 2.24) is 10.2 Å². The van der Waals surface area contributed by atoms with Crippen LogP contribution in [0.1, 0.15) is 31.4 Å². The quantitative estimate of drug-likeness (QED) is 0.310. The van der Waals surface area contributed by atoms with Gasteiger partial charge in [-0.05, 0) is 54.8 Å². The second-order valence-electron chi connectivity index (χ2n) is 9.38. The highest BCUT2D eigenvalue weighted by Crippen LogP contribution is 2.24. The third kappa shape index (κ3) is 8.71. The van der Waals surface area contributed by atoms with Gasteiger partial charge in [-0.15, -0.1) is 0 Å². The van der Waals surface area contributed by atoms with E-state index >= 15 is 0 Å². The van der Waals surface area contributed by atoms with E-state index in [1.165, 1.54) is 17.0 Å². The van der Waals surface area contributed by atoms with Crippen molar-refractivity contribution in [3.63, 3.8) is 0 Å². The minimum atomic E-state index is -3.85. The maximum atomic E-state index is 14.0. The van der Waals surface area contributed by atoms with Gasteiger partial charge in [-0.2, -0.15) is 0 Å². The summed E-state index contributed by atoms with van der Waals surface area (Å²) in [5.41, 5.74) is 1.78. The molecule has 208 valence electrons. The molecule has 0 saturated heterocycles. The molecule has 0 heterocycles. The lowest BCUT2D eigenvalue weighted by Crippen LogP contribution is -2.54. The fraction of sp³-hybridized carbons (Fsp3) is 0.310. The second-order valence-corrected chi connectivity index (χ2v) is 12.1. The molecular formula is C29H33Cl2N3O4S. The maximum Gasteiger partial charge on any atom is 0.244 e. The molecule has 3 rings (SSSR count). The molecule has 7 nitrogen and oxygen atoms in total. The van der Waals surface area contributed by atoms with E-state index in [9.17, 15) is 18.0 Å². The van der Waals surface area contributed by atoms with E-state index in [0.29, 0.717) is 22.0 Å². The van der Waals surface area contributed by atoms with E-state index in [4.69, 9.17) is 23.2 Å². The van der Waals surface area contributed by atoms with Crippen molar-refractivity contribution in [1.29, 1.82) is 0 Å². The molecule has 0 radical (unpaired) electrons. The topological polar surface area (TPSA) is 86.8 Å². The lowest BCUT2D eigenvalue weighted by molar-refractivity contribution is -0.140. The molecule has 39 heavy (non-hydrogen) atoms. The monoisotopic (exact) mass is 589 g/mol. The van der Waals surface area contributed by atoms with Crippen molar-refractivity contribution in [2.45, 2.75) is 45.3 Å². The van der Waals surface area contributed by atoms with Gasteiger partial charge >= 0.3 is 0 Å². The number of nitrogens with zero attached hydrogens (tertiary/aromatic N) is 2. The zero-order valence-electron chi connectivity index (χ0n) is 22.2. The Hall–Kier alpha value is -3.07. The Morgan fingerprint density at radius 2 is 1.54 bits per heavy atom. The van der Waals surface area contributed by atoms with Gasteiger partial charge < -0.3 is 10.2 Å². The fourth-order valence-electron chi connectivity index (χ4n) is 4.03. The number of hydrogen-bond donors (Lipinski definition) is 1. The summed E-state index contributed by atoms with van der Waals surface area (Å²) in [6.45, 7) is 3.36. The Labute approximate surface area is 240 Å². The zero-order chi connectivity index (χ0) is 28.6. The van der Waals surface area contributed by atoms with Crippen LogP contribution >= 0.6 is 23.2 Å². The van der Waals surface area contributed by atoms with Crippen LogP contribution in [0.5, 0.6) is 0 Å². The normalized spacial score (nSPS) is 12.8. The highest BCUT2D eigenvalue weighted by molar-refractivity contribution is 7.92. The Balaban J connectivity index is 2.06. The fourth-order valence-corrected chi connectivity index (χ4v) is 5.20. The number of sulfonamides is 1. The van der Waals surface area contributed by atoms with Crippen LogP contribution in [-0.2, 0) is 32.6 Å². The van der Waals surface area contributed by atoms with Crippen molar-refractivity contribution in [2.75, 3.05) is 17.1 Å². The number of carbonyl (C=O) groups is 2. The summed E-state index contributed by atoms with van der Waals surface area (Å²) < 4.78 is 26.6. The van der Waals surface area contributed by atoms with E-state index in [1.54, 1.807) is 36.4 Å². The molecule has 0 unspecified atom stereocenters. The van der Waals surface area contributed by atoms with Crippen molar-refractivity contribution >= 4 is 50.7 Å². The molecule has 0 saturated carbocycles. The predicted octanol–water partition coefficient (Wildman–Crippen LogP) is 5.31. The standard InChI is InChI=1S/C29H33Cl2N3O4S/c1-4-21(2)32-29(36)27(18-22-10-6-5-7-11-22)33(19-23-12-8-9-13-26(23)31)28(35)20-34(39(3,37)38)25-16-14-24(30)15-17-25/h5-17,21,27H,4,18-20H2,1-3H3,(H,32,36)/t21-,27+/m0/s1. The average molecular weight is 591 g/mol. The lowest BCUT2D eigenvalue weighted by atomic mass is 10.0. The highest BCUT2D eigenvalue weighted by Gasteiger charge is 2.33. The van der Waals surface area contributed by atoms with Crippen LogP contribution in [0.4, 0.5) is 5.69 Å². The molecule has 0 aliphatic heterocycles. The first-order valence-corrected chi connectivity index (χ1v) is 15.2. The van der Waals surface area contributed by atoms with Crippen LogP contribution in [0, 0.1) is 0 Å². The summed E-state index contributed by atoms with van der Waals surface area (Å²) in [5.74, 6) is -0.874. The molecule has 0 spiro atoms. The Morgan fingerprint density at radius 1 is 0.923 bits per heavy atom. The minimum absolute atomic E-state index is 0.0160. The first-order chi connectivity index (χ1) is 18.5. The number of halogens is 2. The SMILES string of the molecule is CC[C@H](C)NC(=O)[C@@H](Cc1ccccc1)N(Cc1ccccc1Cl)C(=O)CN(c1ccc(Cl)cc1)S(C)(=O)=O. The van der Waals surface area contributed by atoms with E-state index in [-0.39, 0.29) is 30.6 Å². The lowest BCUT2D eigenvalue weighted by Gasteiger charge is -2.34. The van der Waals surface area contributed by atoms with Gasteiger partial charge in [-0.25, -0.2) is 8.42 Å². The number of hydrogen-bond acceptors (Lipinski definition) is 4. The molecule has 0 aromatic heterocycles. The molecule has 3 aromatic carbocycles. The van der Waals surface area contributed by atoms with Gasteiger partial charge in [0.05, 0.1) is 11.9 Å². The van der Waals surface area contributed by atoms with Crippen LogP contribution in [0.25, 0.3) is 0 Å². The van der Waals surface area contributed by atoms with Gasteiger partial charge in [-0.1, -0.05) is 78.7 Å². The van der Waals surface area contributed by atoms with E-state index in [2.05, 4.69) is 5.32 Å². The third-order valence-corrected chi connectivity index (χ3v) is 8.13. The Bertz CT molecular complexity index is 1370. The third-order valence-electron chi connectivity index (χ3n) is 6.36. The van der Waals surface area contributed by atoms with Gasteiger partial charge in [0.1, 0.15) is 12.6 Å². The van der Waals surface area contributed by atoms with Gasteiger partial charge in [0.25, 0.3) is 0 Å². The molecule has 2 amide bonds. The van der Waals surface area contributed by atoms with Gasteiger partial charge in [0.2, 0.25) is 21.8 Å². The number of benzene rings is 3. The van der Waals surface area contributed by atoms with Crippen LogP contribution in [0.3, 0.4) is 0 Å². The van der Waals surface area contributed by atoms with Gasteiger partial charge in [-0.3, -0.25) is 13.9 Å². The van der Waals surface area contributed by atoms with E-state index in [1.807, 2.05) is 44.2 Å². The zero-order valence-corrected chi connectivity index (χ0v) is 24.5. The summed E-state index contributed by atoms with van der Waals surface area (Å²) in [6.07, 6.45) is 1.98. The van der Waals surface area contributed by atoms with Crippen LogP contribution in [0.15, 0.2) is 78.9 Å². The van der Waals surface area contributed by atoms with Crippen molar-refractivity contribution in [2.24, 2.45) is 0 Å². The molecular weight excluding hydrogens is 557 g/mol. The molecule has 0 aliphatic rings. The summed E-state index contributed by atoms with van der Waals surface area (Å²) in [7, 11) is -3.85. The molecule has 0 aliphatic carbocycles. The summed E-state index contributed by atoms with van der Waals surface area (Å²) >= 11 is 12.5. The largest absolute Gasteiger partial charge is 0.352 e. The van der Waals surface area contributed by atoms with Crippen molar-refractivity contribution in [3.8, 4) is 0 Å². The van der Waals surface area contributed by atoms with Crippen LogP contribution < -0.4 is 9.62 Å². The molecule has 2 atom stereocenters. The molecule has 0 bridgehead atoms. The van der Waals surface area contributed by atoms with Crippen molar-refractivity contribution < 1.29 is 18.0 Å². The number of carbonyl (C=O) groups excluding carboxylic acids is 2. The summed E-state index contributed by atoms with van der Waals surface area (Å²) in [4.78, 5) is 29.1. The van der Waals surface area contributed by atoms with Gasteiger partial charge in [0.15, 0.2) is 0 Å². The second kappa shape index (κ2) is 13.8. The number of rotatable bonds is 12. The smallest absolute Gasteiger partial charge is 0.244 e. The van der Waals surface area contributed by atoms with E-state index in [0.717, 1.165) is 16.1 Å². The Kier molecular flexibility index (Phi) is 10.8. The minimum Gasteiger partial charge on any atom is -0.352 e. The number of nitrogens with one attached hydrogen (secondary N) is 1. The molecule has 0 fully saturated rings. The average Bonchev–Trinajstić information content (AvgIpc) is 2.90. The van der Waals surface area contributed by atoms with Crippen LogP contribution in [0.2, 0.25) is 10.0 Å². The van der Waals surface area contributed by atoms with Crippen LogP contribution in [-0.4, -0.2) is 50.0 Å². The summed E-state index contributed by atoms with van der Waals surface area (Å²) in [6, 6.07) is 21.6. The molecule has 1 N–H and O–H groups in total.